The molecule has 2 aliphatic heterocycles. The van der Waals surface area contributed by atoms with Crippen LogP contribution in [0.5, 0.6) is 0 Å². The second-order valence-electron chi connectivity index (χ2n) is 13.9. The minimum absolute atomic E-state index is 0.179. The number of carbonyl (C=O) groups excluding carboxylic acids is 1. The Morgan fingerprint density at radius 1 is 0.881 bits per heavy atom. The lowest BCUT2D eigenvalue weighted by molar-refractivity contribution is -0.297. The molecule has 7 rings (SSSR count). The Kier molecular flexibility index (Phi) is 7.78. The standard InChI is InChI=1S/C34H46O6.C2H4/c1-5-23-6-8-24(9-7-23)29(35)40-34(32(4)36-18-19-37-32)15-13-28-26-11-10-25-22-33(38-20-21-39-33)17-16-30(25,2)27(26)12-14-31(28,34)3;1-2/h6-10,26-28H,5,11-22H2,1-4H3;1-2H2/t26-,27+,28+,30+,31+,34-;/m1./s1. The van der Waals surface area contributed by atoms with E-state index in [1.165, 1.54) is 5.56 Å². The Morgan fingerprint density at radius 3 is 2.19 bits per heavy atom. The maximum Gasteiger partial charge on any atom is 0.338 e. The molecule has 1 spiro atoms. The molecule has 6 atom stereocenters. The van der Waals surface area contributed by atoms with Gasteiger partial charge in [0.1, 0.15) is 0 Å². The monoisotopic (exact) mass is 578 g/mol. The Balaban J connectivity index is 0.00000155. The number of hydrogen-bond donors (Lipinski definition) is 0. The maximum atomic E-state index is 13.8. The van der Waals surface area contributed by atoms with Crippen molar-refractivity contribution in [3.63, 3.8) is 0 Å². The fraction of sp³-hybridized carbons (Fsp3) is 0.694. The van der Waals surface area contributed by atoms with E-state index in [4.69, 9.17) is 23.7 Å². The van der Waals surface area contributed by atoms with E-state index in [2.05, 4.69) is 40.0 Å². The number of rotatable bonds is 4. The highest BCUT2D eigenvalue weighted by atomic mass is 16.8. The van der Waals surface area contributed by atoms with Gasteiger partial charge in [-0.15, -0.1) is 13.2 Å². The summed E-state index contributed by atoms with van der Waals surface area (Å²) in [6.45, 7) is 17.5. The van der Waals surface area contributed by atoms with Crippen molar-refractivity contribution < 1.29 is 28.5 Å². The van der Waals surface area contributed by atoms with Gasteiger partial charge < -0.3 is 23.7 Å². The zero-order valence-corrected chi connectivity index (χ0v) is 26.2. The smallest absolute Gasteiger partial charge is 0.338 e. The van der Waals surface area contributed by atoms with Gasteiger partial charge in [0.2, 0.25) is 5.79 Å². The molecule has 6 nitrogen and oxygen atoms in total. The quantitative estimate of drug-likeness (QED) is 0.274. The summed E-state index contributed by atoms with van der Waals surface area (Å²) in [5.74, 6) is 0.0154. The second kappa shape index (κ2) is 10.9. The van der Waals surface area contributed by atoms with Gasteiger partial charge in [0, 0.05) is 18.3 Å². The topological polar surface area (TPSA) is 63.2 Å². The Hall–Kier alpha value is -1.99. The van der Waals surface area contributed by atoms with Crippen LogP contribution >= 0.6 is 0 Å². The number of esters is 1. The molecule has 230 valence electrons. The molecule has 5 fully saturated rings. The van der Waals surface area contributed by atoms with Gasteiger partial charge in [-0.3, -0.25) is 0 Å². The van der Waals surface area contributed by atoms with Gasteiger partial charge in [0.25, 0.3) is 0 Å². The van der Waals surface area contributed by atoms with Crippen LogP contribution in [0, 0.1) is 28.6 Å². The van der Waals surface area contributed by atoms with Crippen LogP contribution < -0.4 is 0 Å². The summed E-state index contributed by atoms with van der Waals surface area (Å²) in [7, 11) is 0. The molecule has 0 N–H and O–H groups in total. The Labute approximate surface area is 252 Å². The van der Waals surface area contributed by atoms with E-state index in [1.54, 1.807) is 5.57 Å². The first-order valence-electron chi connectivity index (χ1n) is 16.3. The van der Waals surface area contributed by atoms with Crippen molar-refractivity contribution in [2.45, 2.75) is 103 Å². The summed E-state index contributed by atoms with van der Waals surface area (Å²) in [5.41, 5.74) is 2.47. The van der Waals surface area contributed by atoms with Crippen LogP contribution in [0.4, 0.5) is 0 Å². The second-order valence-corrected chi connectivity index (χ2v) is 13.9. The zero-order valence-electron chi connectivity index (χ0n) is 26.2. The van der Waals surface area contributed by atoms with E-state index in [1.807, 2.05) is 31.2 Å². The largest absolute Gasteiger partial charge is 0.449 e. The van der Waals surface area contributed by atoms with E-state index in [0.29, 0.717) is 49.7 Å². The van der Waals surface area contributed by atoms with Crippen molar-refractivity contribution in [3.05, 3.63) is 60.2 Å². The van der Waals surface area contributed by atoms with Crippen molar-refractivity contribution in [3.8, 4) is 0 Å². The summed E-state index contributed by atoms with van der Waals surface area (Å²) >= 11 is 0. The SMILES string of the molecule is C=C.CCc1ccc(C(=O)O[C@]2(C3(C)OCCO3)CC[C@H]3[C@@H]4CC=C5CC6(CC[C@]5(C)[C@H]4CC[C@@]32C)OCCO6)cc1. The summed E-state index contributed by atoms with van der Waals surface area (Å²) in [4.78, 5) is 13.8. The first-order chi connectivity index (χ1) is 20.2. The van der Waals surface area contributed by atoms with Gasteiger partial charge in [-0.05, 0) is 92.7 Å². The van der Waals surface area contributed by atoms with Crippen molar-refractivity contribution in [2.24, 2.45) is 28.6 Å². The Morgan fingerprint density at radius 2 is 1.52 bits per heavy atom. The molecule has 0 bridgehead atoms. The third-order valence-corrected chi connectivity index (χ3v) is 12.5. The molecule has 0 amide bonds. The van der Waals surface area contributed by atoms with Crippen LogP contribution in [0.1, 0.15) is 95.0 Å². The molecule has 6 heteroatoms. The fourth-order valence-corrected chi connectivity index (χ4v) is 10.2. The molecule has 6 aliphatic rings. The van der Waals surface area contributed by atoms with Gasteiger partial charge in [-0.25, -0.2) is 4.79 Å². The summed E-state index contributed by atoms with van der Waals surface area (Å²) in [5, 5.41) is 0. The van der Waals surface area contributed by atoms with Gasteiger partial charge in [-0.2, -0.15) is 0 Å². The normalized spacial score (nSPS) is 39.3. The van der Waals surface area contributed by atoms with Crippen LogP contribution in [0.15, 0.2) is 49.1 Å². The van der Waals surface area contributed by atoms with E-state index < -0.39 is 11.4 Å². The fourth-order valence-electron chi connectivity index (χ4n) is 10.2. The maximum absolute atomic E-state index is 13.8. The van der Waals surface area contributed by atoms with Gasteiger partial charge in [0.05, 0.1) is 32.0 Å². The zero-order chi connectivity index (χ0) is 29.8. The lowest BCUT2D eigenvalue weighted by Gasteiger charge is -2.61. The summed E-state index contributed by atoms with van der Waals surface area (Å²) < 4.78 is 31.8. The number of carbonyl (C=O) groups is 1. The molecular weight excluding hydrogens is 528 g/mol. The molecule has 1 aromatic carbocycles. The number of fused-ring (bicyclic) bond motifs is 5. The average molecular weight is 579 g/mol. The predicted molar refractivity (Wildman–Crippen MR) is 162 cm³/mol. The third kappa shape index (κ3) is 4.30. The molecule has 1 aromatic rings. The van der Waals surface area contributed by atoms with Crippen molar-refractivity contribution in [1.29, 1.82) is 0 Å². The average Bonchev–Trinajstić information content (AvgIpc) is 3.74. The van der Waals surface area contributed by atoms with Crippen molar-refractivity contribution in [2.75, 3.05) is 26.4 Å². The lowest BCUT2D eigenvalue weighted by Crippen LogP contribution is -2.65. The molecule has 42 heavy (non-hydrogen) atoms. The van der Waals surface area contributed by atoms with Crippen LogP contribution in [0.25, 0.3) is 0 Å². The highest BCUT2D eigenvalue weighted by molar-refractivity contribution is 5.90. The Bertz CT molecular complexity index is 1190. The van der Waals surface area contributed by atoms with E-state index in [9.17, 15) is 4.79 Å². The molecule has 2 heterocycles. The molecule has 4 aliphatic carbocycles. The summed E-state index contributed by atoms with van der Waals surface area (Å²) in [6.07, 6.45) is 11.5. The molecule has 0 aromatic heterocycles. The van der Waals surface area contributed by atoms with Crippen LogP contribution in [0.2, 0.25) is 0 Å². The molecule has 0 radical (unpaired) electrons. The van der Waals surface area contributed by atoms with Gasteiger partial charge >= 0.3 is 5.97 Å². The third-order valence-electron chi connectivity index (χ3n) is 12.5. The number of hydrogen-bond acceptors (Lipinski definition) is 6. The number of allylic oxidation sites excluding steroid dienone is 1. The molecule has 0 unspecified atom stereocenters. The van der Waals surface area contributed by atoms with E-state index >= 15 is 0 Å². The van der Waals surface area contributed by atoms with Crippen LogP contribution in [-0.2, 0) is 30.1 Å². The highest BCUT2D eigenvalue weighted by Crippen LogP contribution is 2.71. The first kappa shape index (κ1) is 30.1. The number of ether oxygens (including phenoxy) is 5. The first-order valence-corrected chi connectivity index (χ1v) is 16.3. The number of aryl methyl sites for hydroxylation is 1. The minimum atomic E-state index is -0.948. The van der Waals surface area contributed by atoms with Crippen LogP contribution in [-0.4, -0.2) is 49.6 Å². The highest BCUT2D eigenvalue weighted by Gasteiger charge is 2.73. The molecule has 2 saturated heterocycles. The number of benzene rings is 1. The lowest BCUT2D eigenvalue weighted by atomic mass is 9.46. The minimum Gasteiger partial charge on any atom is -0.449 e. The summed E-state index contributed by atoms with van der Waals surface area (Å²) in [6, 6.07) is 7.86. The van der Waals surface area contributed by atoms with Gasteiger partial charge in [0.15, 0.2) is 11.4 Å². The van der Waals surface area contributed by atoms with E-state index in [-0.39, 0.29) is 22.6 Å². The van der Waals surface area contributed by atoms with E-state index in [0.717, 1.165) is 57.8 Å². The molecule has 3 saturated carbocycles. The van der Waals surface area contributed by atoms with Crippen LogP contribution in [0.3, 0.4) is 0 Å². The predicted octanol–water partition coefficient (Wildman–Crippen LogP) is 7.42. The van der Waals surface area contributed by atoms with Crippen molar-refractivity contribution >= 4 is 5.97 Å². The van der Waals surface area contributed by atoms with Crippen molar-refractivity contribution in [1.82, 2.24) is 0 Å². The van der Waals surface area contributed by atoms with Gasteiger partial charge in [-0.1, -0.05) is 44.6 Å². The molecular formula is C36H50O6.